The number of ether oxygens (including phenoxy) is 2. The molecule has 0 aromatic heterocycles. The summed E-state index contributed by atoms with van der Waals surface area (Å²) in [4.78, 5) is 49.5. The van der Waals surface area contributed by atoms with E-state index in [2.05, 4.69) is 5.32 Å². The molecule has 0 saturated carbocycles. The summed E-state index contributed by atoms with van der Waals surface area (Å²) in [6.45, 7) is 0.900. The number of carbonyl (C=O) groups is 4. The van der Waals surface area contributed by atoms with Crippen LogP contribution in [0.3, 0.4) is 0 Å². The molecule has 0 aliphatic carbocycles. The Labute approximate surface area is 190 Å². The Bertz CT molecular complexity index is 936. The van der Waals surface area contributed by atoms with E-state index in [0.717, 1.165) is 0 Å². The first-order valence-corrected chi connectivity index (χ1v) is 10.2. The Balaban J connectivity index is 2.03. The Hall–Kier alpha value is -3.59. The van der Waals surface area contributed by atoms with Crippen LogP contribution in [0.4, 0.5) is 10.5 Å². The molecule has 3 N–H and O–H groups in total. The monoisotopic (exact) mass is 461 g/mol. The molecule has 32 heavy (non-hydrogen) atoms. The van der Waals surface area contributed by atoms with Gasteiger partial charge in [0.1, 0.15) is 6.54 Å². The molecule has 2 rings (SSSR count). The van der Waals surface area contributed by atoms with Gasteiger partial charge in [-0.05, 0) is 36.8 Å². The first kappa shape index (κ1) is 24.7. The molecule has 0 aliphatic rings. The van der Waals surface area contributed by atoms with Gasteiger partial charge in [0.2, 0.25) is 0 Å². The molecular weight excluding hydrogens is 438 g/mol. The second kappa shape index (κ2) is 12.3. The molecule has 9 nitrogen and oxygen atoms in total. The van der Waals surface area contributed by atoms with Gasteiger partial charge in [-0.1, -0.05) is 41.9 Å². The minimum atomic E-state index is -0.821. The van der Waals surface area contributed by atoms with Crippen molar-refractivity contribution in [1.82, 2.24) is 5.32 Å². The van der Waals surface area contributed by atoms with E-state index in [1.165, 1.54) is 4.90 Å². The second-order valence-electron chi connectivity index (χ2n) is 6.60. The molecule has 2 aromatic rings. The van der Waals surface area contributed by atoms with Crippen LogP contribution in [0.2, 0.25) is 5.02 Å². The topological polar surface area (TPSA) is 128 Å². The number of amides is 3. The van der Waals surface area contributed by atoms with Gasteiger partial charge >= 0.3 is 18.0 Å². The summed E-state index contributed by atoms with van der Waals surface area (Å²) >= 11 is 5.87. The molecule has 10 heteroatoms. The minimum Gasteiger partial charge on any atom is -0.465 e. The van der Waals surface area contributed by atoms with E-state index in [4.69, 9.17) is 26.8 Å². The highest BCUT2D eigenvalue weighted by Crippen LogP contribution is 2.20. The van der Waals surface area contributed by atoms with Crippen molar-refractivity contribution >= 4 is 41.2 Å². The van der Waals surface area contributed by atoms with E-state index in [-0.39, 0.29) is 19.6 Å². The number of carbonyl (C=O) groups excluding carboxylic acids is 4. The fraction of sp³-hybridized carbons (Fsp3) is 0.273. The number of halogens is 1. The number of urea groups is 1. The first-order valence-electron chi connectivity index (χ1n) is 9.78. The van der Waals surface area contributed by atoms with Crippen LogP contribution in [0, 0.1) is 0 Å². The van der Waals surface area contributed by atoms with Crippen molar-refractivity contribution in [3.05, 3.63) is 65.2 Å². The van der Waals surface area contributed by atoms with Crippen molar-refractivity contribution < 1.29 is 28.7 Å². The van der Waals surface area contributed by atoms with E-state index in [1.807, 2.05) is 0 Å². The summed E-state index contributed by atoms with van der Waals surface area (Å²) < 4.78 is 10.0. The van der Waals surface area contributed by atoms with Crippen LogP contribution in [-0.4, -0.2) is 43.6 Å². The maximum absolute atomic E-state index is 12.7. The van der Waals surface area contributed by atoms with Gasteiger partial charge < -0.3 is 20.5 Å². The number of hydrogen-bond acceptors (Lipinski definition) is 6. The number of para-hydroxylation sites is 1. The lowest BCUT2D eigenvalue weighted by Crippen LogP contribution is -2.39. The summed E-state index contributed by atoms with van der Waals surface area (Å²) in [5.41, 5.74) is 6.24. The predicted molar refractivity (Wildman–Crippen MR) is 118 cm³/mol. The molecule has 0 unspecified atom stereocenters. The standard InChI is InChI=1S/C22H24ClN3O6/c1-2-31-21(29)13-26(17-6-4-3-5-7-17)19(27)14-32-20(28)12-18(25-22(24)30)15-8-10-16(23)11-9-15/h3-11,18H,2,12-14H2,1H3,(H3,24,25,30)/t18-/m0/s1. The Morgan fingerprint density at radius 2 is 1.66 bits per heavy atom. The summed E-state index contributed by atoms with van der Waals surface area (Å²) in [5, 5.41) is 2.95. The molecule has 0 spiro atoms. The van der Waals surface area contributed by atoms with Crippen LogP contribution >= 0.6 is 11.6 Å². The molecule has 0 radical (unpaired) electrons. The third-order valence-electron chi connectivity index (χ3n) is 4.28. The third-order valence-corrected chi connectivity index (χ3v) is 4.53. The largest absolute Gasteiger partial charge is 0.465 e. The van der Waals surface area contributed by atoms with Gasteiger partial charge in [-0.15, -0.1) is 0 Å². The predicted octanol–water partition coefficient (Wildman–Crippen LogP) is 2.58. The Kier molecular flexibility index (Phi) is 9.49. The van der Waals surface area contributed by atoms with Crippen molar-refractivity contribution in [2.45, 2.75) is 19.4 Å². The molecule has 0 bridgehead atoms. The first-order chi connectivity index (χ1) is 15.3. The number of nitrogens with one attached hydrogen (secondary N) is 1. The van der Waals surface area contributed by atoms with Gasteiger partial charge in [0.15, 0.2) is 6.61 Å². The van der Waals surface area contributed by atoms with Crippen LogP contribution in [0.5, 0.6) is 0 Å². The van der Waals surface area contributed by atoms with Crippen LogP contribution in [0.15, 0.2) is 54.6 Å². The lowest BCUT2D eigenvalue weighted by atomic mass is 10.0. The minimum absolute atomic E-state index is 0.170. The summed E-state index contributed by atoms with van der Waals surface area (Å²) in [7, 11) is 0. The number of anilines is 1. The molecule has 0 saturated heterocycles. The fourth-order valence-corrected chi connectivity index (χ4v) is 2.96. The number of rotatable bonds is 10. The van der Waals surface area contributed by atoms with E-state index in [0.29, 0.717) is 16.3 Å². The fourth-order valence-electron chi connectivity index (χ4n) is 2.83. The zero-order valence-corrected chi connectivity index (χ0v) is 18.2. The summed E-state index contributed by atoms with van der Waals surface area (Å²) in [6, 6.07) is 13.4. The smallest absolute Gasteiger partial charge is 0.326 e. The molecule has 0 heterocycles. The number of nitrogens with zero attached hydrogens (tertiary/aromatic N) is 1. The van der Waals surface area contributed by atoms with Gasteiger partial charge in [-0.3, -0.25) is 19.3 Å². The van der Waals surface area contributed by atoms with Crippen LogP contribution in [0.25, 0.3) is 0 Å². The SMILES string of the molecule is CCOC(=O)CN(C(=O)COC(=O)C[C@H](NC(N)=O)c1ccc(Cl)cc1)c1ccccc1. The number of benzene rings is 2. The number of primary amides is 1. The maximum atomic E-state index is 12.7. The number of hydrogen-bond donors (Lipinski definition) is 2. The number of nitrogens with two attached hydrogens (primary N) is 1. The van der Waals surface area contributed by atoms with E-state index >= 15 is 0 Å². The van der Waals surface area contributed by atoms with E-state index in [1.54, 1.807) is 61.5 Å². The molecule has 2 aromatic carbocycles. The molecule has 3 amide bonds. The van der Waals surface area contributed by atoms with E-state index in [9.17, 15) is 19.2 Å². The molecule has 1 atom stereocenters. The third kappa shape index (κ3) is 7.92. The van der Waals surface area contributed by atoms with E-state index < -0.39 is 36.5 Å². The van der Waals surface area contributed by atoms with Crippen molar-refractivity contribution in [1.29, 1.82) is 0 Å². The molecule has 0 aliphatic heterocycles. The second-order valence-corrected chi connectivity index (χ2v) is 7.03. The van der Waals surface area contributed by atoms with Gasteiger partial charge in [-0.2, -0.15) is 0 Å². The summed E-state index contributed by atoms with van der Waals surface area (Å²) in [5.74, 6) is -1.94. The molecule has 170 valence electrons. The highest BCUT2D eigenvalue weighted by atomic mass is 35.5. The Morgan fingerprint density at radius 1 is 1.00 bits per heavy atom. The van der Waals surface area contributed by atoms with Gasteiger partial charge in [0.25, 0.3) is 5.91 Å². The lowest BCUT2D eigenvalue weighted by Gasteiger charge is -2.22. The van der Waals surface area contributed by atoms with Gasteiger partial charge in [-0.25, -0.2) is 4.79 Å². The zero-order chi connectivity index (χ0) is 23.5. The van der Waals surface area contributed by atoms with Crippen molar-refractivity contribution in [3.8, 4) is 0 Å². The van der Waals surface area contributed by atoms with Gasteiger partial charge in [0, 0.05) is 10.7 Å². The summed E-state index contributed by atoms with van der Waals surface area (Å²) in [6.07, 6.45) is -0.263. The highest BCUT2D eigenvalue weighted by molar-refractivity contribution is 6.30. The van der Waals surface area contributed by atoms with Crippen molar-refractivity contribution in [2.75, 3.05) is 24.7 Å². The zero-order valence-electron chi connectivity index (χ0n) is 17.5. The average molecular weight is 462 g/mol. The van der Waals surface area contributed by atoms with Crippen LogP contribution < -0.4 is 16.0 Å². The van der Waals surface area contributed by atoms with Crippen molar-refractivity contribution in [3.63, 3.8) is 0 Å². The Morgan fingerprint density at radius 3 is 2.25 bits per heavy atom. The van der Waals surface area contributed by atoms with Gasteiger partial charge in [0.05, 0.1) is 19.1 Å². The van der Waals surface area contributed by atoms with Crippen molar-refractivity contribution in [2.24, 2.45) is 5.73 Å². The highest BCUT2D eigenvalue weighted by Gasteiger charge is 2.23. The average Bonchev–Trinajstić information content (AvgIpc) is 2.76. The maximum Gasteiger partial charge on any atom is 0.326 e. The molecule has 0 fully saturated rings. The lowest BCUT2D eigenvalue weighted by molar-refractivity contribution is -0.148. The molecular formula is C22H24ClN3O6. The van der Waals surface area contributed by atoms with Crippen LogP contribution in [-0.2, 0) is 23.9 Å². The van der Waals surface area contributed by atoms with Crippen LogP contribution in [0.1, 0.15) is 24.9 Å². The number of esters is 2. The quantitative estimate of drug-likeness (QED) is 0.523. The normalized spacial score (nSPS) is 11.2.